The summed E-state index contributed by atoms with van der Waals surface area (Å²) in [4.78, 5) is 29.7. The molecule has 0 atom stereocenters. The molecule has 0 radical (unpaired) electrons. The smallest absolute Gasteiger partial charge is 0.354 e. The van der Waals surface area contributed by atoms with Gasteiger partial charge in [0.1, 0.15) is 5.69 Å². The third-order valence-electron chi connectivity index (χ3n) is 2.79. The average molecular weight is 355 g/mol. The van der Waals surface area contributed by atoms with Crippen molar-refractivity contribution in [2.75, 3.05) is 14.2 Å². The van der Waals surface area contributed by atoms with E-state index in [1.54, 1.807) is 6.07 Å². The second kappa shape index (κ2) is 5.96. The van der Waals surface area contributed by atoms with Crippen LogP contribution in [0.25, 0.3) is 0 Å². The molecule has 1 aromatic heterocycles. The minimum atomic E-state index is -1.26. The zero-order valence-electron chi connectivity index (χ0n) is 11.1. The van der Waals surface area contributed by atoms with E-state index in [1.807, 2.05) is 0 Å². The van der Waals surface area contributed by atoms with Crippen molar-refractivity contribution in [3.05, 3.63) is 39.9 Å². The molecular formula is C13H11BrN2O5. The highest BCUT2D eigenvalue weighted by molar-refractivity contribution is 9.10. The van der Waals surface area contributed by atoms with Gasteiger partial charge >= 0.3 is 5.97 Å². The van der Waals surface area contributed by atoms with E-state index >= 15 is 0 Å². The number of aromatic nitrogens is 2. The van der Waals surface area contributed by atoms with Crippen molar-refractivity contribution in [1.82, 2.24) is 9.97 Å². The van der Waals surface area contributed by atoms with Crippen LogP contribution in [0.2, 0.25) is 0 Å². The van der Waals surface area contributed by atoms with Gasteiger partial charge in [0.15, 0.2) is 17.2 Å². The Kier molecular flexibility index (Phi) is 4.27. The minimum Gasteiger partial charge on any atom is -0.493 e. The van der Waals surface area contributed by atoms with E-state index in [2.05, 4.69) is 25.9 Å². The Bertz CT molecular complexity index is 711. The molecule has 2 N–H and O–H groups in total. The van der Waals surface area contributed by atoms with Crippen LogP contribution in [0.4, 0.5) is 0 Å². The number of rotatable bonds is 5. The number of carbonyl (C=O) groups is 2. The molecule has 110 valence electrons. The fraction of sp³-hybridized carbons (Fsp3) is 0.154. The molecule has 1 heterocycles. The van der Waals surface area contributed by atoms with Crippen LogP contribution in [-0.2, 0) is 0 Å². The summed E-state index contributed by atoms with van der Waals surface area (Å²) in [5.74, 6) is -0.994. The number of nitrogens with one attached hydrogen (secondary N) is 1. The first-order chi connectivity index (χ1) is 9.99. The van der Waals surface area contributed by atoms with Gasteiger partial charge in [-0.1, -0.05) is 0 Å². The molecule has 0 spiro atoms. The maximum Gasteiger partial charge on any atom is 0.354 e. The number of benzene rings is 1. The number of H-pyrrole nitrogens is 1. The summed E-state index contributed by atoms with van der Waals surface area (Å²) in [5, 5.41) is 9.02. The second-order valence-corrected chi connectivity index (χ2v) is 4.80. The Hall–Kier alpha value is -2.35. The molecule has 0 fully saturated rings. The van der Waals surface area contributed by atoms with E-state index in [0.717, 1.165) is 6.33 Å². The number of carboxylic acid groups (broad SMARTS) is 1. The Morgan fingerprint density at radius 3 is 2.43 bits per heavy atom. The molecule has 0 aliphatic rings. The molecule has 0 saturated carbocycles. The largest absolute Gasteiger partial charge is 0.493 e. The Balaban J connectivity index is 2.53. The zero-order valence-corrected chi connectivity index (χ0v) is 12.7. The number of ketones is 1. The molecular weight excluding hydrogens is 344 g/mol. The number of methoxy groups -OCH3 is 2. The van der Waals surface area contributed by atoms with Crippen LogP contribution in [0.5, 0.6) is 11.5 Å². The van der Waals surface area contributed by atoms with Crippen LogP contribution >= 0.6 is 15.9 Å². The van der Waals surface area contributed by atoms with Crippen LogP contribution in [0.1, 0.15) is 26.5 Å². The van der Waals surface area contributed by atoms with E-state index in [-0.39, 0.29) is 17.0 Å². The third kappa shape index (κ3) is 2.75. The van der Waals surface area contributed by atoms with Gasteiger partial charge in [0.2, 0.25) is 5.78 Å². The molecule has 0 aliphatic heterocycles. The van der Waals surface area contributed by atoms with E-state index in [1.165, 1.54) is 20.3 Å². The summed E-state index contributed by atoms with van der Waals surface area (Å²) in [6.45, 7) is 0. The summed E-state index contributed by atoms with van der Waals surface area (Å²) < 4.78 is 10.7. The van der Waals surface area contributed by atoms with Gasteiger partial charge in [-0.3, -0.25) is 4.79 Å². The quantitative estimate of drug-likeness (QED) is 0.797. The van der Waals surface area contributed by atoms with Crippen molar-refractivity contribution >= 4 is 27.7 Å². The Labute approximate surface area is 128 Å². The second-order valence-electron chi connectivity index (χ2n) is 3.95. The number of nitrogens with zero attached hydrogens (tertiary/aromatic N) is 1. The fourth-order valence-electron chi connectivity index (χ4n) is 1.79. The van der Waals surface area contributed by atoms with Crippen molar-refractivity contribution in [2.24, 2.45) is 0 Å². The SMILES string of the molecule is COc1cc(Br)c(C(=O)c2nc[nH]c2C(=O)O)cc1OC. The van der Waals surface area contributed by atoms with Crippen LogP contribution in [0.15, 0.2) is 22.9 Å². The van der Waals surface area contributed by atoms with Gasteiger partial charge in [0.05, 0.1) is 20.5 Å². The molecule has 0 unspecified atom stereocenters. The van der Waals surface area contributed by atoms with Gasteiger partial charge in [0, 0.05) is 10.0 Å². The molecule has 1 aromatic carbocycles. The van der Waals surface area contributed by atoms with Gasteiger partial charge in [-0.05, 0) is 28.1 Å². The number of hydrogen-bond acceptors (Lipinski definition) is 5. The number of imidazole rings is 1. The summed E-state index contributed by atoms with van der Waals surface area (Å²) >= 11 is 3.26. The van der Waals surface area contributed by atoms with Crippen LogP contribution in [0.3, 0.4) is 0 Å². The number of carboxylic acids is 1. The van der Waals surface area contributed by atoms with Gasteiger partial charge in [-0.25, -0.2) is 9.78 Å². The minimum absolute atomic E-state index is 0.171. The van der Waals surface area contributed by atoms with Gasteiger partial charge in [-0.15, -0.1) is 0 Å². The van der Waals surface area contributed by atoms with E-state index < -0.39 is 11.8 Å². The van der Waals surface area contributed by atoms with Crippen molar-refractivity contribution in [3.8, 4) is 11.5 Å². The lowest BCUT2D eigenvalue weighted by atomic mass is 10.1. The number of halogens is 1. The lowest BCUT2D eigenvalue weighted by Gasteiger charge is -2.10. The zero-order chi connectivity index (χ0) is 15.6. The molecule has 0 bridgehead atoms. The normalized spacial score (nSPS) is 10.2. The predicted octanol–water partition coefficient (Wildman–Crippen LogP) is 2.12. The van der Waals surface area contributed by atoms with Crippen molar-refractivity contribution < 1.29 is 24.2 Å². The molecule has 0 saturated heterocycles. The Morgan fingerprint density at radius 1 is 1.24 bits per heavy atom. The van der Waals surface area contributed by atoms with Gasteiger partial charge in [-0.2, -0.15) is 0 Å². The maximum atomic E-state index is 12.4. The summed E-state index contributed by atoms with van der Waals surface area (Å²) in [5.41, 5.74) is -0.209. The molecule has 0 aliphatic carbocycles. The van der Waals surface area contributed by atoms with Gasteiger partial charge in [0.25, 0.3) is 0 Å². The lowest BCUT2D eigenvalue weighted by molar-refractivity contribution is 0.0687. The number of aromatic carboxylic acids is 1. The standard InChI is InChI=1S/C13H11BrN2O5/c1-20-8-3-6(7(14)4-9(8)21-2)12(17)10-11(13(18)19)16-5-15-10/h3-5H,1-2H3,(H,15,16)(H,18,19). The summed E-state index contributed by atoms with van der Waals surface area (Å²) in [6.07, 6.45) is 1.16. The van der Waals surface area contributed by atoms with Crippen molar-refractivity contribution in [3.63, 3.8) is 0 Å². The number of carbonyl (C=O) groups excluding carboxylic acids is 1. The number of ether oxygens (including phenoxy) is 2. The van der Waals surface area contributed by atoms with Gasteiger partial charge < -0.3 is 19.6 Å². The average Bonchev–Trinajstić information content (AvgIpc) is 2.95. The number of hydrogen-bond donors (Lipinski definition) is 2. The highest BCUT2D eigenvalue weighted by Crippen LogP contribution is 2.34. The molecule has 8 heteroatoms. The molecule has 2 rings (SSSR count). The van der Waals surface area contributed by atoms with Crippen LogP contribution in [0, 0.1) is 0 Å². The lowest BCUT2D eigenvalue weighted by Crippen LogP contribution is -2.10. The first-order valence-electron chi connectivity index (χ1n) is 5.72. The fourth-order valence-corrected chi connectivity index (χ4v) is 2.29. The van der Waals surface area contributed by atoms with Crippen molar-refractivity contribution in [2.45, 2.75) is 0 Å². The molecule has 0 amide bonds. The van der Waals surface area contributed by atoms with E-state index in [0.29, 0.717) is 16.0 Å². The first kappa shape index (κ1) is 15.0. The first-order valence-corrected chi connectivity index (χ1v) is 6.51. The topological polar surface area (TPSA) is 102 Å². The summed E-state index contributed by atoms with van der Waals surface area (Å²) in [7, 11) is 2.92. The number of aromatic amines is 1. The predicted molar refractivity (Wildman–Crippen MR) is 76.2 cm³/mol. The monoisotopic (exact) mass is 354 g/mol. The van der Waals surface area contributed by atoms with Crippen molar-refractivity contribution in [1.29, 1.82) is 0 Å². The van der Waals surface area contributed by atoms with E-state index in [9.17, 15) is 9.59 Å². The highest BCUT2D eigenvalue weighted by Gasteiger charge is 2.24. The summed E-state index contributed by atoms with van der Waals surface area (Å²) in [6, 6.07) is 3.03. The Morgan fingerprint density at radius 2 is 1.86 bits per heavy atom. The maximum absolute atomic E-state index is 12.4. The third-order valence-corrected chi connectivity index (χ3v) is 3.44. The van der Waals surface area contributed by atoms with E-state index in [4.69, 9.17) is 14.6 Å². The highest BCUT2D eigenvalue weighted by atomic mass is 79.9. The van der Waals surface area contributed by atoms with Crippen LogP contribution < -0.4 is 9.47 Å². The van der Waals surface area contributed by atoms with Crippen LogP contribution in [-0.4, -0.2) is 41.0 Å². The molecule has 21 heavy (non-hydrogen) atoms. The molecule has 7 nitrogen and oxygen atoms in total. The molecule has 2 aromatic rings.